The summed E-state index contributed by atoms with van der Waals surface area (Å²) in [6, 6.07) is 0. The third-order valence-electron chi connectivity index (χ3n) is 6.93. The van der Waals surface area contributed by atoms with E-state index in [0.717, 1.165) is 18.8 Å². The summed E-state index contributed by atoms with van der Waals surface area (Å²) in [5, 5.41) is 20.4. The molecule has 3 aliphatic rings. The first-order valence-corrected chi connectivity index (χ1v) is 8.92. The third-order valence-corrected chi connectivity index (χ3v) is 6.93. The van der Waals surface area contributed by atoms with Crippen LogP contribution < -0.4 is 0 Å². The fourth-order valence-corrected chi connectivity index (χ4v) is 5.94. The second kappa shape index (κ2) is 5.38. The molecule has 120 valence electrons. The van der Waals surface area contributed by atoms with Gasteiger partial charge in [-0.1, -0.05) is 32.4 Å². The maximum Gasteiger partial charge on any atom is 0.0805 e. The second-order valence-corrected chi connectivity index (χ2v) is 8.65. The summed E-state index contributed by atoms with van der Waals surface area (Å²) in [5.74, 6) is 2.50. The molecular weight excluding hydrogens is 260 g/mol. The van der Waals surface area contributed by atoms with Gasteiger partial charge in [-0.15, -0.1) is 0 Å². The van der Waals surface area contributed by atoms with Crippen LogP contribution in [0.5, 0.6) is 0 Å². The zero-order valence-corrected chi connectivity index (χ0v) is 13.9. The minimum atomic E-state index is -0.590. The summed E-state index contributed by atoms with van der Waals surface area (Å²) in [6.45, 7) is 6.76. The first-order valence-electron chi connectivity index (χ1n) is 8.92. The van der Waals surface area contributed by atoms with Crippen LogP contribution in [0, 0.1) is 29.1 Å². The summed E-state index contributed by atoms with van der Waals surface area (Å²) < 4.78 is 0. The van der Waals surface area contributed by atoms with Crippen LogP contribution in [0.15, 0.2) is 12.2 Å². The predicted octanol–water partition coefficient (Wildman–Crippen LogP) is 3.92. The molecule has 2 unspecified atom stereocenters. The van der Waals surface area contributed by atoms with Gasteiger partial charge < -0.3 is 10.2 Å². The highest BCUT2D eigenvalue weighted by Gasteiger charge is 2.52. The molecule has 7 atom stereocenters. The Kier molecular flexibility index (Phi) is 3.99. The van der Waals surface area contributed by atoms with E-state index >= 15 is 0 Å². The lowest BCUT2D eigenvalue weighted by molar-refractivity contribution is -0.0289. The normalized spacial score (nSPS) is 51.1. The van der Waals surface area contributed by atoms with Gasteiger partial charge in [-0.2, -0.15) is 0 Å². The topological polar surface area (TPSA) is 40.5 Å². The van der Waals surface area contributed by atoms with Gasteiger partial charge in [0.25, 0.3) is 0 Å². The van der Waals surface area contributed by atoms with Gasteiger partial charge in [0, 0.05) is 0 Å². The highest BCUT2D eigenvalue weighted by Crippen LogP contribution is 2.58. The molecule has 21 heavy (non-hydrogen) atoms. The summed E-state index contributed by atoms with van der Waals surface area (Å²) in [6.07, 6.45) is 12.2. The van der Waals surface area contributed by atoms with E-state index in [1.807, 2.05) is 13.0 Å². The molecule has 0 radical (unpaired) electrons. The van der Waals surface area contributed by atoms with E-state index in [4.69, 9.17) is 0 Å². The van der Waals surface area contributed by atoms with Gasteiger partial charge in [-0.05, 0) is 74.5 Å². The standard InChI is InChI=1S/C19H32O2/c1-13(11-14-8-10-18(2,21)12-14)15-6-7-16-17(20)5-4-9-19(15,16)3/h8,10,13-17,20-21H,4-7,9,11-12H2,1-3H3/t13-,14+,15-,16?,17?,18-,19+/m1/s1. The lowest BCUT2D eigenvalue weighted by atomic mass is 9.61. The molecule has 2 saturated carbocycles. The number of aliphatic hydroxyl groups is 2. The monoisotopic (exact) mass is 292 g/mol. The van der Waals surface area contributed by atoms with E-state index < -0.39 is 5.60 Å². The van der Waals surface area contributed by atoms with Gasteiger partial charge in [0.15, 0.2) is 0 Å². The van der Waals surface area contributed by atoms with E-state index in [1.165, 1.54) is 32.1 Å². The van der Waals surface area contributed by atoms with Crippen molar-refractivity contribution >= 4 is 0 Å². The van der Waals surface area contributed by atoms with Crippen molar-refractivity contribution < 1.29 is 10.2 Å². The number of fused-ring (bicyclic) bond motifs is 1. The summed E-state index contributed by atoms with van der Waals surface area (Å²) in [7, 11) is 0. The fourth-order valence-electron chi connectivity index (χ4n) is 5.94. The molecule has 0 heterocycles. The van der Waals surface area contributed by atoms with Crippen molar-refractivity contribution in [3.05, 3.63) is 12.2 Å². The van der Waals surface area contributed by atoms with E-state index in [9.17, 15) is 10.2 Å². The fraction of sp³-hybridized carbons (Fsp3) is 0.895. The molecule has 2 N–H and O–H groups in total. The first kappa shape index (κ1) is 15.6. The molecule has 2 heteroatoms. The van der Waals surface area contributed by atoms with Gasteiger partial charge in [0.2, 0.25) is 0 Å². The summed E-state index contributed by atoms with van der Waals surface area (Å²) in [5.41, 5.74) is -0.241. The van der Waals surface area contributed by atoms with E-state index in [-0.39, 0.29) is 6.10 Å². The van der Waals surface area contributed by atoms with Gasteiger partial charge in [-0.3, -0.25) is 0 Å². The van der Waals surface area contributed by atoms with Crippen LogP contribution in [0.3, 0.4) is 0 Å². The van der Waals surface area contributed by atoms with Gasteiger partial charge >= 0.3 is 0 Å². The van der Waals surface area contributed by atoms with E-state index in [2.05, 4.69) is 19.9 Å². The molecule has 3 rings (SSSR count). The van der Waals surface area contributed by atoms with Crippen molar-refractivity contribution in [1.82, 2.24) is 0 Å². The lowest BCUT2D eigenvalue weighted by Crippen LogP contribution is -2.41. The molecule has 0 spiro atoms. The maximum absolute atomic E-state index is 10.4. The van der Waals surface area contributed by atoms with Crippen LogP contribution in [0.25, 0.3) is 0 Å². The zero-order chi connectivity index (χ0) is 15.3. The Labute approximate surface area is 129 Å². The predicted molar refractivity (Wildman–Crippen MR) is 85.8 cm³/mol. The Bertz CT molecular complexity index is 414. The number of allylic oxidation sites excluding steroid dienone is 1. The van der Waals surface area contributed by atoms with Crippen LogP contribution >= 0.6 is 0 Å². The average molecular weight is 292 g/mol. The molecule has 0 bridgehead atoms. The van der Waals surface area contributed by atoms with Crippen LogP contribution in [-0.4, -0.2) is 21.9 Å². The molecule has 0 aromatic carbocycles. The van der Waals surface area contributed by atoms with E-state index in [0.29, 0.717) is 23.2 Å². The van der Waals surface area contributed by atoms with Crippen molar-refractivity contribution in [1.29, 1.82) is 0 Å². The Morgan fingerprint density at radius 2 is 2.00 bits per heavy atom. The largest absolute Gasteiger partial charge is 0.393 e. The van der Waals surface area contributed by atoms with Gasteiger partial charge in [0.05, 0.1) is 11.7 Å². The highest BCUT2D eigenvalue weighted by atomic mass is 16.3. The molecule has 0 aliphatic heterocycles. The van der Waals surface area contributed by atoms with E-state index in [1.54, 1.807) is 0 Å². The number of aliphatic hydroxyl groups excluding tert-OH is 1. The Balaban J connectivity index is 1.65. The molecule has 0 aromatic heterocycles. The Morgan fingerprint density at radius 3 is 2.67 bits per heavy atom. The van der Waals surface area contributed by atoms with Crippen LogP contribution in [0.2, 0.25) is 0 Å². The van der Waals surface area contributed by atoms with Crippen molar-refractivity contribution in [2.24, 2.45) is 29.1 Å². The van der Waals surface area contributed by atoms with Crippen molar-refractivity contribution in [3.8, 4) is 0 Å². The molecular formula is C19H32O2. The summed E-state index contributed by atoms with van der Waals surface area (Å²) >= 11 is 0. The second-order valence-electron chi connectivity index (χ2n) is 8.65. The Morgan fingerprint density at radius 1 is 1.24 bits per heavy atom. The number of hydrogen-bond acceptors (Lipinski definition) is 2. The SMILES string of the molecule is C[C@H](C[C@@H]1C=C[C@@](C)(O)C1)[C@H]1CCC2C(O)CCC[C@]21C. The van der Waals surface area contributed by atoms with Crippen LogP contribution in [0.4, 0.5) is 0 Å². The molecule has 3 aliphatic carbocycles. The zero-order valence-electron chi connectivity index (χ0n) is 13.9. The molecule has 2 nitrogen and oxygen atoms in total. The lowest BCUT2D eigenvalue weighted by Gasteiger charge is -2.45. The average Bonchev–Trinajstić information content (AvgIpc) is 2.90. The quantitative estimate of drug-likeness (QED) is 0.774. The Hall–Kier alpha value is -0.340. The molecule has 0 aromatic rings. The van der Waals surface area contributed by atoms with Crippen molar-refractivity contribution in [2.45, 2.75) is 77.4 Å². The minimum Gasteiger partial charge on any atom is -0.393 e. The first-order chi connectivity index (χ1) is 9.82. The highest BCUT2D eigenvalue weighted by molar-refractivity contribution is 5.11. The molecule has 0 saturated heterocycles. The minimum absolute atomic E-state index is 0.0620. The van der Waals surface area contributed by atoms with Crippen LogP contribution in [0.1, 0.15) is 65.7 Å². The summed E-state index contributed by atoms with van der Waals surface area (Å²) in [4.78, 5) is 0. The third kappa shape index (κ3) is 2.82. The smallest absolute Gasteiger partial charge is 0.0805 e. The molecule has 2 fully saturated rings. The number of rotatable bonds is 3. The van der Waals surface area contributed by atoms with Crippen molar-refractivity contribution in [3.63, 3.8) is 0 Å². The number of hydrogen-bond donors (Lipinski definition) is 2. The molecule has 0 amide bonds. The van der Waals surface area contributed by atoms with Gasteiger partial charge in [0.1, 0.15) is 0 Å². The van der Waals surface area contributed by atoms with Gasteiger partial charge in [-0.25, -0.2) is 0 Å². The van der Waals surface area contributed by atoms with Crippen LogP contribution in [-0.2, 0) is 0 Å². The van der Waals surface area contributed by atoms with Crippen molar-refractivity contribution in [2.75, 3.05) is 0 Å². The maximum atomic E-state index is 10.4.